The van der Waals surface area contributed by atoms with Crippen LogP contribution in [0.2, 0.25) is 0 Å². The van der Waals surface area contributed by atoms with E-state index in [0.29, 0.717) is 6.42 Å². The van der Waals surface area contributed by atoms with Gasteiger partial charge in [-0.3, -0.25) is 9.59 Å². The highest BCUT2D eigenvalue weighted by atomic mass is 16.2. The average molecular weight is 268 g/mol. The van der Waals surface area contributed by atoms with Crippen LogP contribution in [0.5, 0.6) is 0 Å². The van der Waals surface area contributed by atoms with Crippen molar-refractivity contribution < 1.29 is 9.59 Å². The van der Waals surface area contributed by atoms with Gasteiger partial charge >= 0.3 is 0 Å². The van der Waals surface area contributed by atoms with E-state index < -0.39 is 0 Å². The third-order valence-corrected chi connectivity index (χ3v) is 4.26. The Morgan fingerprint density at radius 2 is 1.68 bits per heavy atom. The zero-order valence-corrected chi connectivity index (χ0v) is 12.6. The standard InChI is InChI=1S/C15H28N2O2/c1-16-13(18)9-8-12-15(14(19)17(2)3)10-6-4-5-7-11-15/h4-12H2,1-3H3,(H,16,18). The van der Waals surface area contributed by atoms with E-state index in [1.165, 1.54) is 12.8 Å². The second-order valence-electron chi connectivity index (χ2n) is 5.92. The number of amides is 2. The third kappa shape index (κ3) is 4.51. The Hall–Kier alpha value is -1.06. The first kappa shape index (κ1) is 16.0. The summed E-state index contributed by atoms with van der Waals surface area (Å²) >= 11 is 0. The molecule has 1 N–H and O–H groups in total. The van der Waals surface area contributed by atoms with Crippen LogP contribution in [0, 0.1) is 5.41 Å². The molecule has 0 atom stereocenters. The Kier molecular flexibility index (Phi) is 6.32. The zero-order chi connectivity index (χ0) is 14.3. The van der Waals surface area contributed by atoms with Gasteiger partial charge in [0.15, 0.2) is 0 Å². The van der Waals surface area contributed by atoms with Crippen molar-refractivity contribution in [1.82, 2.24) is 10.2 Å². The molecule has 1 rings (SSSR count). The molecule has 110 valence electrons. The molecule has 0 unspecified atom stereocenters. The highest BCUT2D eigenvalue weighted by Gasteiger charge is 2.38. The number of carbonyl (C=O) groups excluding carboxylic acids is 2. The van der Waals surface area contributed by atoms with Gasteiger partial charge in [-0.15, -0.1) is 0 Å². The van der Waals surface area contributed by atoms with E-state index in [1.54, 1.807) is 11.9 Å². The van der Waals surface area contributed by atoms with Crippen LogP contribution in [0.3, 0.4) is 0 Å². The van der Waals surface area contributed by atoms with Crippen LogP contribution in [-0.4, -0.2) is 37.9 Å². The van der Waals surface area contributed by atoms with Crippen molar-refractivity contribution in [3.05, 3.63) is 0 Å². The number of nitrogens with one attached hydrogen (secondary N) is 1. The Morgan fingerprint density at radius 1 is 1.11 bits per heavy atom. The highest BCUT2D eigenvalue weighted by Crippen LogP contribution is 2.40. The van der Waals surface area contributed by atoms with Gasteiger partial charge in [0.1, 0.15) is 0 Å². The maximum atomic E-state index is 12.5. The van der Waals surface area contributed by atoms with Gasteiger partial charge < -0.3 is 10.2 Å². The molecule has 0 heterocycles. The Bertz CT molecular complexity index is 305. The van der Waals surface area contributed by atoms with Crippen molar-refractivity contribution >= 4 is 11.8 Å². The molecule has 0 aliphatic heterocycles. The minimum Gasteiger partial charge on any atom is -0.359 e. The fraction of sp³-hybridized carbons (Fsp3) is 0.867. The smallest absolute Gasteiger partial charge is 0.228 e. The summed E-state index contributed by atoms with van der Waals surface area (Å²) in [5.41, 5.74) is -0.214. The van der Waals surface area contributed by atoms with Crippen LogP contribution in [0.25, 0.3) is 0 Å². The number of nitrogens with zero attached hydrogens (tertiary/aromatic N) is 1. The van der Waals surface area contributed by atoms with Crippen LogP contribution in [0.4, 0.5) is 0 Å². The summed E-state index contributed by atoms with van der Waals surface area (Å²) in [6.07, 6.45) is 8.89. The summed E-state index contributed by atoms with van der Waals surface area (Å²) in [6, 6.07) is 0. The molecule has 1 saturated carbocycles. The van der Waals surface area contributed by atoms with Crippen molar-refractivity contribution in [2.24, 2.45) is 5.41 Å². The van der Waals surface area contributed by atoms with Gasteiger partial charge in [0.25, 0.3) is 0 Å². The fourth-order valence-corrected chi connectivity index (χ4v) is 3.16. The Labute approximate surface area is 116 Å². The molecular formula is C15H28N2O2. The molecule has 0 bridgehead atoms. The van der Waals surface area contributed by atoms with Crippen molar-refractivity contribution in [2.45, 2.75) is 57.8 Å². The molecule has 0 spiro atoms. The first-order valence-corrected chi connectivity index (χ1v) is 7.44. The molecule has 1 aliphatic rings. The summed E-state index contributed by atoms with van der Waals surface area (Å²) < 4.78 is 0. The highest BCUT2D eigenvalue weighted by molar-refractivity contribution is 5.82. The Morgan fingerprint density at radius 3 is 2.16 bits per heavy atom. The van der Waals surface area contributed by atoms with Gasteiger partial charge in [0.05, 0.1) is 0 Å². The molecule has 1 aliphatic carbocycles. The molecule has 0 aromatic heterocycles. The van der Waals surface area contributed by atoms with E-state index >= 15 is 0 Å². The van der Waals surface area contributed by atoms with Crippen LogP contribution in [0.1, 0.15) is 57.8 Å². The van der Waals surface area contributed by atoms with E-state index in [1.807, 2.05) is 14.1 Å². The quantitative estimate of drug-likeness (QED) is 0.778. The maximum Gasteiger partial charge on any atom is 0.228 e. The lowest BCUT2D eigenvalue weighted by molar-refractivity contribution is -0.141. The fourth-order valence-electron chi connectivity index (χ4n) is 3.16. The first-order chi connectivity index (χ1) is 9.02. The Balaban J connectivity index is 2.68. The van der Waals surface area contributed by atoms with E-state index in [9.17, 15) is 9.59 Å². The second kappa shape index (κ2) is 7.51. The number of hydrogen-bond acceptors (Lipinski definition) is 2. The number of carbonyl (C=O) groups is 2. The van der Waals surface area contributed by atoms with Crippen LogP contribution in [-0.2, 0) is 9.59 Å². The summed E-state index contributed by atoms with van der Waals surface area (Å²) in [6.45, 7) is 0. The van der Waals surface area contributed by atoms with Crippen molar-refractivity contribution in [3.63, 3.8) is 0 Å². The molecule has 0 aromatic carbocycles. The van der Waals surface area contributed by atoms with Crippen molar-refractivity contribution in [2.75, 3.05) is 21.1 Å². The van der Waals surface area contributed by atoms with Gasteiger partial charge in [-0.1, -0.05) is 25.7 Å². The monoisotopic (exact) mass is 268 g/mol. The minimum atomic E-state index is -0.214. The maximum absolute atomic E-state index is 12.5. The molecule has 0 saturated heterocycles. The largest absolute Gasteiger partial charge is 0.359 e. The predicted octanol–water partition coefficient (Wildman–Crippen LogP) is 2.33. The van der Waals surface area contributed by atoms with Crippen molar-refractivity contribution in [3.8, 4) is 0 Å². The molecule has 0 aromatic rings. The van der Waals surface area contributed by atoms with Crippen LogP contribution in [0.15, 0.2) is 0 Å². The topological polar surface area (TPSA) is 49.4 Å². The van der Waals surface area contributed by atoms with E-state index in [-0.39, 0.29) is 17.2 Å². The molecule has 2 amide bonds. The lowest BCUT2D eigenvalue weighted by Gasteiger charge is -2.34. The summed E-state index contributed by atoms with van der Waals surface area (Å²) in [7, 11) is 5.34. The van der Waals surface area contributed by atoms with Gasteiger partial charge in [-0.05, 0) is 25.7 Å². The first-order valence-electron chi connectivity index (χ1n) is 7.44. The summed E-state index contributed by atoms with van der Waals surface area (Å²) in [5.74, 6) is 0.326. The van der Waals surface area contributed by atoms with E-state index in [4.69, 9.17) is 0 Å². The summed E-state index contributed by atoms with van der Waals surface area (Å²) in [5, 5.41) is 2.65. The van der Waals surface area contributed by atoms with E-state index in [2.05, 4.69) is 5.32 Å². The molecule has 0 radical (unpaired) electrons. The lowest BCUT2D eigenvalue weighted by atomic mass is 9.75. The molecular weight excluding hydrogens is 240 g/mol. The average Bonchev–Trinajstić information content (AvgIpc) is 2.64. The molecule has 1 fully saturated rings. The minimum absolute atomic E-state index is 0.0704. The van der Waals surface area contributed by atoms with Gasteiger partial charge in [-0.25, -0.2) is 0 Å². The zero-order valence-electron chi connectivity index (χ0n) is 12.6. The second-order valence-corrected chi connectivity index (χ2v) is 5.92. The summed E-state index contributed by atoms with van der Waals surface area (Å²) in [4.78, 5) is 25.6. The molecule has 4 nitrogen and oxygen atoms in total. The normalized spacial score (nSPS) is 18.5. The SMILES string of the molecule is CNC(=O)CCCC1(C(=O)N(C)C)CCCCCC1. The van der Waals surface area contributed by atoms with Crippen LogP contribution >= 0.6 is 0 Å². The van der Waals surface area contributed by atoms with Crippen molar-refractivity contribution in [1.29, 1.82) is 0 Å². The molecule has 4 heteroatoms. The van der Waals surface area contributed by atoms with Crippen LogP contribution < -0.4 is 5.32 Å². The van der Waals surface area contributed by atoms with Gasteiger partial charge in [0.2, 0.25) is 11.8 Å². The predicted molar refractivity (Wildman–Crippen MR) is 76.7 cm³/mol. The van der Waals surface area contributed by atoms with E-state index in [0.717, 1.165) is 38.5 Å². The lowest BCUT2D eigenvalue weighted by Crippen LogP contribution is -2.40. The molecule has 19 heavy (non-hydrogen) atoms. The number of rotatable bonds is 5. The third-order valence-electron chi connectivity index (χ3n) is 4.26. The van der Waals surface area contributed by atoms with Gasteiger partial charge in [0, 0.05) is 33.0 Å². The van der Waals surface area contributed by atoms with Gasteiger partial charge in [-0.2, -0.15) is 0 Å². The number of hydrogen-bond donors (Lipinski definition) is 1.